The van der Waals surface area contributed by atoms with Gasteiger partial charge in [0.1, 0.15) is 0 Å². The summed E-state index contributed by atoms with van der Waals surface area (Å²) in [6.07, 6.45) is 0. The van der Waals surface area contributed by atoms with Crippen molar-refractivity contribution in [3.63, 3.8) is 0 Å². The molecule has 0 atom stereocenters. The van der Waals surface area contributed by atoms with Crippen molar-refractivity contribution in [2.75, 3.05) is 0 Å². The number of carboxylic acid groups (broad SMARTS) is 1. The number of nitrogens with zero attached hydrogens (tertiary/aromatic N) is 1. The molecule has 0 spiro atoms. The van der Waals surface area contributed by atoms with Crippen LogP contribution in [0.2, 0.25) is 0 Å². The Morgan fingerprint density at radius 1 is 1.33 bits per heavy atom. The van der Waals surface area contributed by atoms with Crippen molar-refractivity contribution in [3.8, 4) is 0 Å². The number of nitro benzene ring substituents is 1. The normalized spacial score (nSPS) is 9.83. The van der Waals surface area contributed by atoms with E-state index in [0.717, 1.165) is 18.2 Å². The fourth-order valence-corrected chi connectivity index (χ4v) is 1.94. The summed E-state index contributed by atoms with van der Waals surface area (Å²) >= 11 is 0. The standard InChI is InChI=1S/C7H5NO7S.K.H2O/c9-7(10)4-2-1-3-5(8(11)12)6(4)16(13,14)15;;/h1-3H,(H,9,10)(H,13,14,15);;1H2/q;+1;/p-1. The number of carbonyl (C=O) groups excluding carboxylic acids is 1. The molecular weight excluding hydrogens is 297 g/mol. The van der Waals surface area contributed by atoms with Gasteiger partial charge in [-0.05, 0) is 0 Å². The van der Waals surface area contributed by atoms with Gasteiger partial charge in [0.15, 0.2) is 4.90 Å². The van der Waals surface area contributed by atoms with Crippen LogP contribution in [0.1, 0.15) is 10.4 Å². The van der Waals surface area contributed by atoms with Crippen molar-refractivity contribution in [1.29, 1.82) is 0 Å². The second kappa shape index (κ2) is 7.25. The Kier molecular flexibility index (Phi) is 8.03. The van der Waals surface area contributed by atoms with Crippen LogP contribution in [0.3, 0.4) is 0 Å². The van der Waals surface area contributed by atoms with E-state index in [1.54, 1.807) is 0 Å². The molecule has 18 heavy (non-hydrogen) atoms. The van der Waals surface area contributed by atoms with E-state index in [9.17, 15) is 28.4 Å². The zero-order valence-electron chi connectivity index (χ0n) is 8.98. The zero-order chi connectivity index (χ0) is 12.5. The summed E-state index contributed by atoms with van der Waals surface area (Å²) in [7, 11) is -5.02. The second-order valence-corrected chi connectivity index (χ2v) is 4.03. The Labute approximate surface area is 143 Å². The van der Waals surface area contributed by atoms with E-state index >= 15 is 0 Å². The molecule has 3 N–H and O–H groups in total. The molecule has 9 nitrogen and oxygen atoms in total. The molecule has 0 aliphatic heterocycles. The van der Waals surface area contributed by atoms with Crippen LogP contribution in [0, 0.1) is 10.1 Å². The minimum atomic E-state index is -5.02. The number of hydrogen-bond acceptors (Lipinski definition) is 6. The SMILES string of the molecule is O.O=C([O-])c1cccc([N+](=O)[O-])c1S(=O)(=O)O.[K+]. The fraction of sp³-hybridized carbons (Fsp3) is 0. The van der Waals surface area contributed by atoms with Crippen molar-refractivity contribution >= 4 is 21.8 Å². The molecule has 0 aliphatic carbocycles. The summed E-state index contributed by atoms with van der Waals surface area (Å²) in [5.41, 5.74) is -1.99. The molecule has 0 saturated heterocycles. The number of carbonyl (C=O) groups is 1. The number of rotatable bonds is 3. The van der Waals surface area contributed by atoms with Crippen LogP contribution >= 0.6 is 0 Å². The molecule has 1 aromatic carbocycles. The summed E-state index contributed by atoms with van der Waals surface area (Å²) in [5.74, 6) is -1.93. The number of nitro groups is 1. The maximum atomic E-state index is 10.8. The van der Waals surface area contributed by atoms with Gasteiger partial charge in [-0.2, -0.15) is 8.42 Å². The molecule has 94 valence electrons. The Morgan fingerprint density at radius 2 is 1.83 bits per heavy atom. The van der Waals surface area contributed by atoms with E-state index < -0.39 is 37.2 Å². The van der Waals surface area contributed by atoms with E-state index in [1.807, 2.05) is 0 Å². The van der Waals surface area contributed by atoms with Crippen LogP contribution in [-0.4, -0.2) is 29.3 Å². The first-order valence-corrected chi connectivity index (χ1v) is 5.15. The number of benzene rings is 1. The van der Waals surface area contributed by atoms with Gasteiger partial charge in [-0.15, -0.1) is 0 Å². The number of carboxylic acids is 1. The number of aromatic carboxylic acids is 1. The fourth-order valence-electron chi connectivity index (χ4n) is 1.10. The Morgan fingerprint density at radius 3 is 2.17 bits per heavy atom. The average molecular weight is 303 g/mol. The minimum absolute atomic E-state index is 0. The first-order chi connectivity index (χ1) is 7.25. The Hall–Kier alpha value is -0.404. The van der Waals surface area contributed by atoms with Crippen LogP contribution in [0.25, 0.3) is 0 Å². The van der Waals surface area contributed by atoms with Crippen LogP contribution in [0.4, 0.5) is 5.69 Å². The molecule has 0 unspecified atom stereocenters. The Bertz CT molecular complexity index is 537. The topological polar surface area (TPSA) is 169 Å². The molecular formula is C7H6KNO8S. The summed E-state index contributed by atoms with van der Waals surface area (Å²) < 4.78 is 30.4. The van der Waals surface area contributed by atoms with E-state index in [0.29, 0.717) is 0 Å². The summed E-state index contributed by atoms with van der Waals surface area (Å²) in [5, 5.41) is 21.0. The van der Waals surface area contributed by atoms with E-state index in [2.05, 4.69) is 0 Å². The third-order valence-electron chi connectivity index (χ3n) is 1.67. The first-order valence-electron chi connectivity index (χ1n) is 3.71. The maximum absolute atomic E-state index is 10.8. The predicted octanol–water partition coefficient (Wildman–Crippen LogP) is -4.62. The predicted molar refractivity (Wildman–Crippen MR) is 50.9 cm³/mol. The summed E-state index contributed by atoms with van der Waals surface area (Å²) in [4.78, 5) is 18.6. The van der Waals surface area contributed by atoms with Gasteiger partial charge in [0.2, 0.25) is 0 Å². The molecule has 0 radical (unpaired) electrons. The molecule has 0 fully saturated rings. The van der Waals surface area contributed by atoms with Crippen LogP contribution in [0.15, 0.2) is 23.1 Å². The quantitative estimate of drug-likeness (QED) is 0.253. The van der Waals surface area contributed by atoms with Crippen LogP contribution < -0.4 is 56.5 Å². The smallest absolute Gasteiger partial charge is 0.545 e. The monoisotopic (exact) mass is 303 g/mol. The third-order valence-corrected chi connectivity index (χ3v) is 2.61. The van der Waals surface area contributed by atoms with E-state index in [4.69, 9.17) is 4.55 Å². The van der Waals surface area contributed by atoms with Crippen molar-refractivity contribution < 1.29 is 84.7 Å². The summed E-state index contributed by atoms with van der Waals surface area (Å²) in [6, 6.07) is 2.51. The van der Waals surface area contributed by atoms with E-state index in [1.165, 1.54) is 0 Å². The molecule has 0 saturated carbocycles. The van der Waals surface area contributed by atoms with Gasteiger partial charge in [0.05, 0.1) is 10.9 Å². The van der Waals surface area contributed by atoms with Crippen molar-refractivity contribution in [1.82, 2.24) is 0 Å². The van der Waals surface area contributed by atoms with Gasteiger partial charge in [-0.25, -0.2) is 0 Å². The van der Waals surface area contributed by atoms with Crippen molar-refractivity contribution in [2.24, 2.45) is 0 Å². The van der Waals surface area contributed by atoms with Gasteiger partial charge < -0.3 is 15.4 Å². The molecule has 11 heteroatoms. The van der Waals surface area contributed by atoms with Gasteiger partial charge in [0.25, 0.3) is 5.69 Å². The minimum Gasteiger partial charge on any atom is -0.545 e. The Balaban J connectivity index is 0. The zero-order valence-corrected chi connectivity index (χ0v) is 12.9. The van der Waals surface area contributed by atoms with Crippen LogP contribution in [0.5, 0.6) is 0 Å². The first kappa shape index (κ1) is 19.9. The number of hydrogen-bond donors (Lipinski definition) is 1. The molecule has 0 amide bonds. The van der Waals surface area contributed by atoms with Gasteiger partial charge >= 0.3 is 61.5 Å². The molecule has 0 bridgehead atoms. The van der Waals surface area contributed by atoms with Crippen molar-refractivity contribution in [3.05, 3.63) is 33.9 Å². The third kappa shape index (κ3) is 4.36. The van der Waals surface area contributed by atoms with E-state index in [-0.39, 0.29) is 56.9 Å². The molecule has 0 aliphatic rings. The average Bonchev–Trinajstić information content (AvgIpc) is 2.15. The molecule has 1 aromatic rings. The second-order valence-electron chi connectivity index (χ2n) is 2.67. The largest absolute Gasteiger partial charge is 1.00 e. The molecule has 0 aromatic heterocycles. The van der Waals surface area contributed by atoms with Gasteiger partial charge in [-0.3, -0.25) is 14.7 Å². The van der Waals surface area contributed by atoms with Crippen LogP contribution in [-0.2, 0) is 10.1 Å². The summed E-state index contributed by atoms with van der Waals surface area (Å²) in [6.45, 7) is 0. The van der Waals surface area contributed by atoms with Gasteiger partial charge in [0, 0.05) is 11.6 Å². The maximum Gasteiger partial charge on any atom is 1.00 e. The van der Waals surface area contributed by atoms with Crippen molar-refractivity contribution in [2.45, 2.75) is 4.90 Å². The van der Waals surface area contributed by atoms with Gasteiger partial charge in [-0.1, -0.05) is 12.1 Å². The molecule has 0 heterocycles. The molecule has 1 rings (SSSR count).